The maximum Gasteiger partial charge on any atom is 0.159 e. The van der Waals surface area contributed by atoms with E-state index in [1.807, 2.05) is 48.5 Å². The number of benzene rings is 7. The summed E-state index contributed by atoms with van der Waals surface area (Å²) in [6, 6.07) is 54.4. The molecular weight excluding hydrogens is 629 g/mol. The van der Waals surface area contributed by atoms with E-state index in [9.17, 15) is 0 Å². The van der Waals surface area contributed by atoms with Gasteiger partial charge in [-0.3, -0.25) is 0 Å². The van der Waals surface area contributed by atoms with E-state index in [4.69, 9.17) is 18.8 Å². The molecule has 1 N–H and O–H groups in total. The highest BCUT2D eigenvalue weighted by atomic mass is 16.3. The fourth-order valence-electron chi connectivity index (χ4n) is 7.74. The van der Waals surface area contributed by atoms with Crippen molar-refractivity contribution in [3.05, 3.63) is 174 Å². The van der Waals surface area contributed by atoms with Crippen molar-refractivity contribution < 1.29 is 8.83 Å². The summed E-state index contributed by atoms with van der Waals surface area (Å²) < 4.78 is 15.8. The van der Waals surface area contributed by atoms with Gasteiger partial charge in [-0.05, 0) is 48.0 Å². The molecule has 1 aliphatic heterocycles. The van der Waals surface area contributed by atoms with E-state index >= 15 is 0 Å². The van der Waals surface area contributed by atoms with E-state index in [1.54, 1.807) is 0 Å². The van der Waals surface area contributed by atoms with Crippen LogP contribution in [0.1, 0.15) is 22.9 Å². The van der Waals surface area contributed by atoms with Crippen LogP contribution in [-0.2, 0) is 0 Å². The molecule has 1 atom stereocenters. The molecule has 7 aromatic carbocycles. The zero-order valence-electron chi connectivity index (χ0n) is 27.2. The molecule has 6 heteroatoms. The molecule has 1 aliphatic rings. The third-order valence-electron chi connectivity index (χ3n) is 10.1. The number of hydrogen-bond acceptors (Lipinski definition) is 5. The molecule has 0 saturated heterocycles. The highest BCUT2D eigenvalue weighted by Gasteiger charge is 2.25. The van der Waals surface area contributed by atoms with Crippen LogP contribution < -0.4 is 5.32 Å². The lowest BCUT2D eigenvalue weighted by Gasteiger charge is -2.23. The van der Waals surface area contributed by atoms with Crippen LogP contribution in [0.15, 0.2) is 177 Å². The summed E-state index contributed by atoms with van der Waals surface area (Å²) in [6.07, 6.45) is -0.306. The molecule has 0 fully saturated rings. The van der Waals surface area contributed by atoms with Gasteiger partial charge in [-0.15, -0.1) is 0 Å². The second kappa shape index (κ2) is 10.8. The lowest BCUT2D eigenvalue weighted by molar-refractivity contribution is 0.657. The van der Waals surface area contributed by atoms with E-state index in [1.165, 1.54) is 21.8 Å². The lowest BCUT2D eigenvalue weighted by Crippen LogP contribution is -2.33. The smallest absolute Gasteiger partial charge is 0.159 e. The Bertz CT molecular complexity index is 3000. The maximum absolute atomic E-state index is 6.79. The third kappa shape index (κ3) is 4.23. The molecule has 51 heavy (non-hydrogen) atoms. The van der Waals surface area contributed by atoms with Crippen LogP contribution in [0.5, 0.6) is 0 Å². The van der Waals surface area contributed by atoms with E-state index < -0.39 is 0 Å². The molecular formula is C45H28N4O2. The van der Waals surface area contributed by atoms with E-state index in [0.717, 1.165) is 66.3 Å². The lowest BCUT2D eigenvalue weighted by atomic mass is 10.0. The van der Waals surface area contributed by atoms with E-state index in [0.29, 0.717) is 11.7 Å². The molecule has 0 amide bonds. The predicted octanol–water partition coefficient (Wildman–Crippen LogP) is 11.1. The number of nitrogens with zero attached hydrogens (tertiary/aromatic N) is 3. The Kier molecular flexibility index (Phi) is 5.92. The number of amidine groups is 2. The molecule has 240 valence electrons. The normalized spacial score (nSPS) is 14.9. The van der Waals surface area contributed by atoms with Gasteiger partial charge in [0.25, 0.3) is 0 Å². The molecule has 0 aliphatic carbocycles. The first-order valence-electron chi connectivity index (χ1n) is 17.1. The van der Waals surface area contributed by atoms with Crippen LogP contribution in [-0.4, -0.2) is 16.2 Å². The highest BCUT2D eigenvalue weighted by Crippen LogP contribution is 2.41. The number of aliphatic imine (C=N–C) groups is 2. The number of rotatable bonds is 4. The Morgan fingerprint density at radius 2 is 1.20 bits per heavy atom. The Balaban J connectivity index is 1.09. The van der Waals surface area contributed by atoms with Gasteiger partial charge >= 0.3 is 0 Å². The number of nitrogens with one attached hydrogen (secondary N) is 1. The minimum absolute atomic E-state index is 0.306. The van der Waals surface area contributed by atoms with Crippen molar-refractivity contribution in [3.63, 3.8) is 0 Å². The van der Waals surface area contributed by atoms with Crippen molar-refractivity contribution in [1.82, 2.24) is 9.88 Å². The van der Waals surface area contributed by atoms with Crippen LogP contribution in [0.2, 0.25) is 0 Å². The first-order valence-corrected chi connectivity index (χ1v) is 17.1. The molecule has 0 radical (unpaired) electrons. The largest absolute Gasteiger partial charge is 0.455 e. The molecule has 0 bridgehead atoms. The standard InChI is InChI=1S/C45H28N4O2/c1-3-12-27(13-4-1)43-46-44(28-14-5-2-6-15-28)48-45(47-43)35-19-11-18-34-40-38(50-41(34)35)25-24-33-32-23-22-29(26-39(32)51-42(33)40)49-36-20-9-7-16-30(36)31-17-8-10-21-37(31)49/h1-26,43H,(H,46,47,48). The first-order chi connectivity index (χ1) is 25.3. The summed E-state index contributed by atoms with van der Waals surface area (Å²) in [5, 5.41) is 10.1. The number of furan rings is 2. The molecule has 1 unspecified atom stereocenters. The van der Waals surface area contributed by atoms with Gasteiger partial charge in [-0.1, -0.05) is 109 Å². The van der Waals surface area contributed by atoms with Crippen LogP contribution in [0, 0.1) is 0 Å². The van der Waals surface area contributed by atoms with Gasteiger partial charge < -0.3 is 18.7 Å². The minimum Gasteiger partial charge on any atom is -0.455 e. The van der Waals surface area contributed by atoms with Crippen LogP contribution in [0.4, 0.5) is 0 Å². The predicted molar refractivity (Wildman–Crippen MR) is 207 cm³/mol. The number of hydrogen-bond donors (Lipinski definition) is 1. The van der Waals surface area contributed by atoms with Crippen molar-refractivity contribution >= 4 is 77.4 Å². The molecule has 4 heterocycles. The van der Waals surface area contributed by atoms with Crippen molar-refractivity contribution in [1.29, 1.82) is 0 Å². The van der Waals surface area contributed by atoms with Crippen LogP contribution in [0.25, 0.3) is 71.4 Å². The van der Waals surface area contributed by atoms with Crippen molar-refractivity contribution in [2.24, 2.45) is 9.98 Å². The van der Waals surface area contributed by atoms with Crippen LogP contribution >= 0.6 is 0 Å². The SMILES string of the molecule is c1ccc(C2=NC(c3ccccc3)NC(c3cccc4c3oc3ccc5c6ccc(-n7c8ccccc8c8ccccc87)cc6oc5c34)=N2)cc1. The molecule has 10 aromatic rings. The summed E-state index contributed by atoms with van der Waals surface area (Å²) in [6.45, 7) is 0. The van der Waals surface area contributed by atoms with Gasteiger partial charge in [-0.2, -0.15) is 0 Å². The Hall–Kier alpha value is -6.92. The number of aromatic nitrogens is 1. The van der Waals surface area contributed by atoms with E-state index in [2.05, 4.69) is 119 Å². The second-order valence-electron chi connectivity index (χ2n) is 13.0. The zero-order chi connectivity index (χ0) is 33.5. The van der Waals surface area contributed by atoms with Gasteiger partial charge in [0.05, 0.1) is 22.0 Å². The van der Waals surface area contributed by atoms with Gasteiger partial charge in [0.2, 0.25) is 0 Å². The van der Waals surface area contributed by atoms with Crippen molar-refractivity contribution in [2.45, 2.75) is 6.17 Å². The molecule has 6 nitrogen and oxygen atoms in total. The summed E-state index contributed by atoms with van der Waals surface area (Å²) in [5.74, 6) is 1.38. The number of fused-ring (bicyclic) bond motifs is 10. The first kappa shape index (κ1) is 28.0. The average Bonchev–Trinajstić information content (AvgIpc) is 3.87. The van der Waals surface area contributed by atoms with Gasteiger partial charge in [-0.25, -0.2) is 9.98 Å². The monoisotopic (exact) mass is 656 g/mol. The second-order valence-corrected chi connectivity index (χ2v) is 13.0. The van der Waals surface area contributed by atoms with Gasteiger partial charge in [0.1, 0.15) is 34.3 Å². The Morgan fingerprint density at radius 3 is 1.98 bits per heavy atom. The molecule has 3 aromatic heterocycles. The van der Waals surface area contributed by atoms with Crippen molar-refractivity contribution in [3.8, 4) is 5.69 Å². The molecule has 11 rings (SSSR count). The maximum atomic E-state index is 6.79. The average molecular weight is 657 g/mol. The van der Waals surface area contributed by atoms with Crippen molar-refractivity contribution in [2.75, 3.05) is 0 Å². The quantitative estimate of drug-likeness (QED) is 0.205. The van der Waals surface area contributed by atoms with Gasteiger partial charge in [0, 0.05) is 44.2 Å². The summed E-state index contributed by atoms with van der Waals surface area (Å²) in [4.78, 5) is 10.1. The summed E-state index contributed by atoms with van der Waals surface area (Å²) in [5.41, 5.74) is 9.42. The molecule has 0 saturated carbocycles. The van der Waals surface area contributed by atoms with Crippen LogP contribution in [0.3, 0.4) is 0 Å². The highest BCUT2D eigenvalue weighted by molar-refractivity contribution is 6.25. The molecule has 0 spiro atoms. The minimum atomic E-state index is -0.306. The number of para-hydroxylation sites is 3. The van der Waals surface area contributed by atoms with E-state index in [-0.39, 0.29) is 6.17 Å². The Labute approximate surface area is 291 Å². The summed E-state index contributed by atoms with van der Waals surface area (Å²) >= 11 is 0. The summed E-state index contributed by atoms with van der Waals surface area (Å²) in [7, 11) is 0. The topological polar surface area (TPSA) is 68.0 Å². The Morgan fingerprint density at radius 1 is 0.529 bits per heavy atom. The third-order valence-corrected chi connectivity index (χ3v) is 10.1. The fourth-order valence-corrected chi connectivity index (χ4v) is 7.74. The zero-order valence-corrected chi connectivity index (χ0v) is 27.2. The fraction of sp³-hybridized carbons (Fsp3) is 0.0222. The van der Waals surface area contributed by atoms with Gasteiger partial charge in [0.15, 0.2) is 5.84 Å².